The summed E-state index contributed by atoms with van der Waals surface area (Å²) in [5.41, 5.74) is 0.417. The van der Waals surface area contributed by atoms with Gasteiger partial charge in [0.05, 0.1) is 12.2 Å². The molecule has 19 heavy (non-hydrogen) atoms. The van der Waals surface area contributed by atoms with Crippen molar-refractivity contribution >= 4 is 27.6 Å². The van der Waals surface area contributed by atoms with Gasteiger partial charge >= 0.3 is 0 Å². The maximum absolute atomic E-state index is 12.2. The number of halogens is 1. The number of carbonyl (C=O) groups is 2. The Labute approximate surface area is 120 Å². The van der Waals surface area contributed by atoms with Gasteiger partial charge in [-0.25, -0.2) is 0 Å². The zero-order valence-corrected chi connectivity index (χ0v) is 12.5. The first kappa shape index (κ1) is 14.2. The van der Waals surface area contributed by atoms with Crippen molar-refractivity contribution in [2.75, 3.05) is 13.1 Å². The van der Waals surface area contributed by atoms with E-state index in [4.69, 9.17) is 4.74 Å². The highest BCUT2D eigenvalue weighted by Gasteiger charge is 2.30. The van der Waals surface area contributed by atoms with Gasteiger partial charge in [-0.2, -0.15) is 0 Å². The highest BCUT2D eigenvalue weighted by Crippen LogP contribution is 2.15. The van der Waals surface area contributed by atoms with E-state index in [1.807, 2.05) is 13.8 Å². The summed E-state index contributed by atoms with van der Waals surface area (Å²) in [6.07, 6.45) is -0.0733. The van der Waals surface area contributed by atoms with E-state index < -0.39 is 11.7 Å². The number of hydrogen-bond donors (Lipinski definition) is 0. The molecule has 0 spiro atoms. The molecule has 1 aromatic carbocycles. The van der Waals surface area contributed by atoms with Gasteiger partial charge in [0.15, 0.2) is 0 Å². The Balaban J connectivity index is 2.10. The summed E-state index contributed by atoms with van der Waals surface area (Å²) in [6, 6.07) is 6.81. The van der Waals surface area contributed by atoms with Crippen LogP contribution in [0, 0.1) is 0 Å². The first-order valence-electron chi connectivity index (χ1n) is 6.22. The van der Waals surface area contributed by atoms with Crippen molar-refractivity contribution in [2.24, 2.45) is 0 Å². The van der Waals surface area contributed by atoms with Crippen LogP contribution in [0.3, 0.4) is 0 Å². The van der Waals surface area contributed by atoms with Gasteiger partial charge in [0.2, 0.25) is 5.78 Å². The second-order valence-corrected chi connectivity index (χ2v) is 5.72. The number of ether oxygens (including phenoxy) is 1. The number of morpholine rings is 1. The van der Waals surface area contributed by atoms with E-state index in [1.165, 1.54) is 0 Å². The highest BCUT2D eigenvalue weighted by molar-refractivity contribution is 9.10. The predicted octanol–water partition coefficient (Wildman–Crippen LogP) is 2.27. The first-order chi connectivity index (χ1) is 8.97. The van der Waals surface area contributed by atoms with Gasteiger partial charge in [-0.1, -0.05) is 15.9 Å². The van der Waals surface area contributed by atoms with Crippen molar-refractivity contribution < 1.29 is 14.3 Å². The molecule has 2 atom stereocenters. The molecule has 0 aromatic heterocycles. The zero-order valence-electron chi connectivity index (χ0n) is 10.9. The van der Waals surface area contributed by atoms with Crippen LogP contribution in [0.25, 0.3) is 0 Å². The van der Waals surface area contributed by atoms with Crippen LogP contribution < -0.4 is 0 Å². The third-order valence-electron chi connectivity index (χ3n) is 3.01. The third-order valence-corrected chi connectivity index (χ3v) is 3.54. The number of ketones is 1. The van der Waals surface area contributed by atoms with Crippen LogP contribution in [0.15, 0.2) is 28.7 Å². The lowest BCUT2D eigenvalue weighted by atomic mass is 10.1. The molecular weight excluding hydrogens is 310 g/mol. The fourth-order valence-electron chi connectivity index (χ4n) is 2.21. The lowest BCUT2D eigenvalue weighted by molar-refractivity contribution is -0.138. The fraction of sp³-hybridized carbons (Fsp3) is 0.429. The maximum atomic E-state index is 12.2. The van der Waals surface area contributed by atoms with Gasteiger partial charge in [0.25, 0.3) is 5.91 Å². The predicted molar refractivity (Wildman–Crippen MR) is 75.1 cm³/mol. The van der Waals surface area contributed by atoms with E-state index in [2.05, 4.69) is 15.9 Å². The molecule has 1 aliphatic heterocycles. The Morgan fingerprint density at radius 2 is 1.68 bits per heavy atom. The topological polar surface area (TPSA) is 46.6 Å². The molecule has 0 N–H and O–H groups in total. The molecule has 0 radical (unpaired) electrons. The van der Waals surface area contributed by atoms with Crippen molar-refractivity contribution in [1.29, 1.82) is 0 Å². The molecule has 0 aliphatic carbocycles. The van der Waals surface area contributed by atoms with E-state index in [9.17, 15) is 9.59 Å². The Kier molecular flexibility index (Phi) is 4.37. The molecule has 1 heterocycles. The normalized spacial score (nSPS) is 23.2. The molecule has 4 nitrogen and oxygen atoms in total. The number of rotatable bonds is 2. The van der Waals surface area contributed by atoms with Crippen molar-refractivity contribution in [3.05, 3.63) is 34.3 Å². The van der Waals surface area contributed by atoms with Crippen molar-refractivity contribution in [2.45, 2.75) is 26.1 Å². The molecule has 1 aromatic rings. The molecule has 1 fully saturated rings. The van der Waals surface area contributed by atoms with Gasteiger partial charge in [0, 0.05) is 23.1 Å². The fourth-order valence-corrected chi connectivity index (χ4v) is 2.48. The molecular formula is C14H16BrNO3. The second kappa shape index (κ2) is 5.84. The molecule has 102 valence electrons. The van der Waals surface area contributed by atoms with Crippen LogP contribution in [-0.4, -0.2) is 41.9 Å². The minimum absolute atomic E-state index is 0.0367. The Morgan fingerprint density at radius 3 is 2.21 bits per heavy atom. The number of amides is 1. The largest absolute Gasteiger partial charge is 0.372 e. The van der Waals surface area contributed by atoms with Crippen LogP contribution in [0.2, 0.25) is 0 Å². The summed E-state index contributed by atoms with van der Waals surface area (Å²) < 4.78 is 6.44. The number of hydrogen-bond acceptors (Lipinski definition) is 3. The first-order valence-corrected chi connectivity index (χ1v) is 7.01. The van der Waals surface area contributed by atoms with Crippen LogP contribution in [0.1, 0.15) is 24.2 Å². The lowest BCUT2D eigenvalue weighted by Crippen LogP contribution is -2.50. The summed E-state index contributed by atoms with van der Waals surface area (Å²) in [5, 5.41) is 0. The smallest absolute Gasteiger partial charge is 0.295 e. The average molecular weight is 326 g/mol. The summed E-state index contributed by atoms with van der Waals surface area (Å²) >= 11 is 3.30. The third kappa shape index (κ3) is 3.42. The van der Waals surface area contributed by atoms with Gasteiger partial charge < -0.3 is 9.64 Å². The summed E-state index contributed by atoms with van der Waals surface area (Å²) in [4.78, 5) is 25.9. The Bertz CT molecular complexity index is 476. The molecule has 0 bridgehead atoms. The number of benzene rings is 1. The van der Waals surface area contributed by atoms with E-state index in [1.54, 1.807) is 29.2 Å². The zero-order chi connectivity index (χ0) is 14.0. The lowest BCUT2D eigenvalue weighted by Gasteiger charge is -2.34. The quantitative estimate of drug-likeness (QED) is 0.619. The van der Waals surface area contributed by atoms with Crippen LogP contribution in [-0.2, 0) is 9.53 Å². The number of Topliss-reactive ketones (excluding diaryl/α,β-unsaturated/α-hetero) is 1. The van der Waals surface area contributed by atoms with Crippen molar-refractivity contribution in [1.82, 2.24) is 4.90 Å². The van der Waals surface area contributed by atoms with Gasteiger partial charge in [-0.3, -0.25) is 9.59 Å². The summed E-state index contributed by atoms with van der Waals surface area (Å²) in [7, 11) is 0. The van der Waals surface area contributed by atoms with E-state index in [-0.39, 0.29) is 12.2 Å². The summed E-state index contributed by atoms with van der Waals surface area (Å²) in [5.74, 6) is -0.918. The van der Waals surface area contributed by atoms with E-state index in [0.717, 1.165) is 4.47 Å². The molecule has 1 amide bonds. The van der Waals surface area contributed by atoms with E-state index in [0.29, 0.717) is 18.7 Å². The Hall–Kier alpha value is -1.20. The number of nitrogens with zero attached hydrogens (tertiary/aromatic N) is 1. The van der Waals surface area contributed by atoms with Crippen LogP contribution >= 0.6 is 15.9 Å². The average Bonchev–Trinajstić information content (AvgIpc) is 2.37. The molecule has 0 unspecified atom stereocenters. The van der Waals surface area contributed by atoms with Gasteiger partial charge in [-0.15, -0.1) is 0 Å². The molecule has 1 aliphatic rings. The van der Waals surface area contributed by atoms with Crippen LogP contribution in [0.5, 0.6) is 0 Å². The Morgan fingerprint density at radius 1 is 1.16 bits per heavy atom. The number of carbonyl (C=O) groups excluding carboxylic acids is 2. The second-order valence-electron chi connectivity index (χ2n) is 4.80. The van der Waals surface area contributed by atoms with Gasteiger partial charge in [0.1, 0.15) is 0 Å². The summed E-state index contributed by atoms with van der Waals surface area (Å²) in [6.45, 7) is 4.73. The highest BCUT2D eigenvalue weighted by atomic mass is 79.9. The maximum Gasteiger partial charge on any atom is 0.295 e. The van der Waals surface area contributed by atoms with Crippen molar-refractivity contribution in [3.63, 3.8) is 0 Å². The molecule has 0 saturated carbocycles. The minimum atomic E-state index is -0.464. The van der Waals surface area contributed by atoms with E-state index >= 15 is 0 Å². The molecule has 5 heteroatoms. The molecule has 2 rings (SSSR count). The van der Waals surface area contributed by atoms with Crippen LogP contribution in [0.4, 0.5) is 0 Å². The SMILES string of the molecule is C[C@@H]1CN(C(=O)C(=O)c2ccc(Br)cc2)C[C@H](C)O1. The van der Waals surface area contributed by atoms with Crippen molar-refractivity contribution in [3.8, 4) is 0 Å². The minimum Gasteiger partial charge on any atom is -0.372 e. The monoisotopic (exact) mass is 325 g/mol. The standard InChI is InChI=1S/C14H16BrNO3/c1-9-7-16(8-10(2)19-9)14(18)13(17)11-3-5-12(15)6-4-11/h3-6,9-10H,7-8H2,1-2H3/t9-,10+. The van der Waals surface area contributed by atoms with Gasteiger partial charge in [-0.05, 0) is 38.1 Å². The molecule has 1 saturated heterocycles.